The van der Waals surface area contributed by atoms with Gasteiger partial charge in [0, 0.05) is 44.2 Å². The number of hydrazine groups is 1. The zero-order valence-electron chi connectivity index (χ0n) is 16.5. The number of primary sulfonamides is 1. The van der Waals surface area contributed by atoms with Gasteiger partial charge in [-0.2, -0.15) is 0 Å². The first-order valence-corrected chi connectivity index (χ1v) is 11.7. The first-order chi connectivity index (χ1) is 14.3. The molecule has 0 bridgehead atoms. The Labute approximate surface area is 174 Å². The van der Waals surface area contributed by atoms with Gasteiger partial charge in [-0.3, -0.25) is 20.3 Å². The molecular weight excluding hydrogens is 412 g/mol. The minimum atomic E-state index is -4.03. The van der Waals surface area contributed by atoms with Gasteiger partial charge in [-0.25, -0.2) is 19.0 Å². The van der Waals surface area contributed by atoms with E-state index in [1.807, 2.05) is 0 Å². The second-order valence-corrected chi connectivity index (χ2v) is 9.65. The highest BCUT2D eigenvalue weighted by molar-refractivity contribution is 7.89. The summed E-state index contributed by atoms with van der Waals surface area (Å²) in [5.41, 5.74) is 6.44. The number of nitrogens with two attached hydrogens (primary N) is 1. The van der Waals surface area contributed by atoms with E-state index in [1.54, 1.807) is 9.80 Å². The molecule has 4 N–H and O–H groups in total. The van der Waals surface area contributed by atoms with Crippen LogP contribution in [0.5, 0.6) is 0 Å². The second-order valence-electron chi connectivity index (χ2n) is 8.09. The number of benzene rings is 1. The van der Waals surface area contributed by atoms with Crippen molar-refractivity contribution < 1.29 is 18.1 Å². The average Bonchev–Trinajstić information content (AvgIpc) is 3.16. The van der Waals surface area contributed by atoms with Crippen LogP contribution in [0.15, 0.2) is 23.1 Å². The Hall–Kier alpha value is -2.28. The predicted molar refractivity (Wildman–Crippen MR) is 109 cm³/mol. The molecule has 3 atom stereocenters. The number of nitro groups is 1. The fourth-order valence-electron chi connectivity index (χ4n) is 4.74. The van der Waals surface area contributed by atoms with E-state index in [1.165, 1.54) is 18.6 Å². The lowest BCUT2D eigenvalue weighted by Crippen LogP contribution is -2.55. The first-order valence-electron chi connectivity index (χ1n) is 10.1. The average molecular weight is 439 g/mol. The van der Waals surface area contributed by atoms with Crippen molar-refractivity contribution in [2.75, 3.05) is 31.1 Å². The van der Waals surface area contributed by atoms with E-state index in [4.69, 9.17) is 5.14 Å². The molecule has 3 unspecified atom stereocenters. The Balaban J connectivity index is 1.44. The normalized spacial score (nSPS) is 27.0. The number of carbonyl (C=O) groups is 1. The molecular formula is C18H26N6O5S. The van der Waals surface area contributed by atoms with Gasteiger partial charge in [0.25, 0.3) is 5.69 Å². The molecule has 2 saturated heterocycles. The van der Waals surface area contributed by atoms with E-state index in [0.29, 0.717) is 43.8 Å². The maximum Gasteiger partial charge on any atom is 0.293 e. The van der Waals surface area contributed by atoms with Crippen LogP contribution in [0.3, 0.4) is 0 Å². The van der Waals surface area contributed by atoms with Gasteiger partial charge in [-0.15, -0.1) is 0 Å². The molecule has 30 heavy (non-hydrogen) atoms. The fraction of sp³-hybridized carbons (Fsp3) is 0.611. The van der Waals surface area contributed by atoms with Crippen LogP contribution in [0.1, 0.15) is 25.7 Å². The van der Waals surface area contributed by atoms with Crippen LogP contribution in [-0.2, 0) is 14.8 Å². The molecule has 1 amide bonds. The lowest BCUT2D eigenvalue weighted by atomic mass is 9.81. The highest BCUT2D eigenvalue weighted by Crippen LogP contribution is 2.33. The topological polar surface area (TPSA) is 151 Å². The summed E-state index contributed by atoms with van der Waals surface area (Å²) in [6, 6.07) is 3.77. The van der Waals surface area contributed by atoms with Crippen LogP contribution in [0, 0.1) is 16.0 Å². The SMILES string of the molecule is NS(=O)(=O)c1ccc(N2CCN(C(=O)C3NNC4CCCCC43)CC2)c([N+](=O)[O-])c1. The van der Waals surface area contributed by atoms with Crippen molar-refractivity contribution in [2.45, 2.75) is 42.7 Å². The molecule has 1 saturated carbocycles. The van der Waals surface area contributed by atoms with Crippen molar-refractivity contribution in [3.8, 4) is 0 Å². The van der Waals surface area contributed by atoms with Crippen molar-refractivity contribution in [1.29, 1.82) is 0 Å². The minimum Gasteiger partial charge on any atom is -0.362 e. The number of nitrogens with one attached hydrogen (secondary N) is 2. The highest BCUT2D eigenvalue weighted by atomic mass is 32.2. The van der Waals surface area contributed by atoms with Gasteiger partial charge in [0.1, 0.15) is 11.7 Å². The first kappa shape index (κ1) is 21.0. The number of nitro benzene ring substituents is 1. The summed E-state index contributed by atoms with van der Waals surface area (Å²) in [5.74, 6) is 0.367. The standard InChI is InChI=1S/C18H26N6O5S/c19-30(28,29)12-5-6-15(16(11-12)24(26)27)22-7-9-23(10-8-22)18(25)17-13-3-1-2-4-14(13)20-21-17/h5-6,11,13-14,17,20-21H,1-4,7-10H2,(H2,19,28,29). The van der Waals surface area contributed by atoms with Crippen LogP contribution in [0.4, 0.5) is 11.4 Å². The summed E-state index contributed by atoms with van der Waals surface area (Å²) in [5, 5.41) is 16.6. The lowest BCUT2D eigenvalue weighted by Gasteiger charge is -2.38. The molecule has 2 heterocycles. The molecule has 0 aromatic heterocycles. The number of nitrogens with zero attached hydrogens (tertiary/aromatic N) is 3. The van der Waals surface area contributed by atoms with Crippen molar-refractivity contribution >= 4 is 27.3 Å². The Kier molecular flexibility index (Phi) is 5.66. The quantitative estimate of drug-likeness (QED) is 0.436. The molecule has 4 rings (SSSR count). The summed E-state index contributed by atoms with van der Waals surface area (Å²) in [6.07, 6.45) is 4.43. The summed E-state index contributed by atoms with van der Waals surface area (Å²) in [4.78, 5) is 27.2. The van der Waals surface area contributed by atoms with Gasteiger partial charge in [0.05, 0.1) is 9.82 Å². The molecule has 164 valence electrons. The maximum atomic E-state index is 13.0. The van der Waals surface area contributed by atoms with Crippen molar-refractivity contribution in [1.82, 2.24) is 15.8 Å². The maximum absolute atomic E-state index is 13.0. The smallest absolute Gasteiger partial charge is 0.293 e. The summed E-state index contributed by atoms with van der Waals surface area (Å²) < 4.78 is 23.1. The Morgan fingerprint density at radius 3 is 2.50 bits per heavy atom. The fourth-order valence-corrected chi connectivity index (χ4v) is 5.28. The molecule has 0 spiro atoms. The van der Waals surface area contributed by atoms with Crippen LogP contribution in [0.25, 0.3) is 0 Å². The zero-order valence-corrected chi connectivity index (χ0v) is 17.3. The van der Waals surface area contributed by atoms with Crippen molar-refractivity contribution in [3.63, 3.8) is 0 Å². The molecule has 1 aromatic rings. The van der Waals surface area contributed by atoms with Crippen LogP contribution >= 0.6 is 0 Å². The number of amides is 1. The third kappa shape index (κ3) is 4.00. The number of carbonyl (C=O) groups excluding carboxylic acids is 1. The number of rotatable bonds is 4. The van der Waals surface area contributed by atoms with E-state index in [-0.39, 0.29) is 22.5 Å². The predicted octanol–water partition coefficient (Wildman–Crippen LogP) is -0.0740. The summed E-state index contributed by atoms with van der Waals surface area (Å²) in [7, 11) is -4.03. The number of sulfonamides is 1. The zero-order chi connectivity index (χ0) is 21.5. The van der Waals surface area contributed by atoms with Gasteiger partial charge in [0.2, 0.25) is 15.9 Å². The van der Waals surface area contributed by atoms with E-state index >= 15 is 0 Å². The molecule has 1 aromatic carbocycles. The van der Waals surface area contributed by atoms with Crippen LogP contribution < -0.4 is 20.9 Å². The molecule has 3 fully saturated rings. The van der Waals surface area contributed by atoms with Crippen molar-refractivity contribution in [2.24, 2.45) is 11.1 Å². The Morgan fingerprint density at radius 1 is 1.13 bits per heavy atom. The number of fused-ring (bicyclic) bond motifs is 1. The van der Waals surface area contributed by atoms with E-state index in [2.05, 4.69) is 10.9 Å². The van der Waals surface area contributed by atoms with E-state index in [0.717, 1.165) is 25.3 Å². The number of anilines is 1. The summed E-state index contributed by atoms with van der Waals surface area (Å²) in [6.45, 7) is 1.75. The number of hydrogen-bond donors (Lipinski definition) is 3. The van der Waals surface area contributed by atoms with Gasteiger partial charge in [-0.1, -0.05) is 12.8 Å². The molecule has 2 aliphatic heterocycles. The minimum absolute atomic E-state index is 0.0654. The van der Waals surface area contributed by atoms with E-state index < -0.39 is 14.9 Å². The Bertz CT molecular complexity index is 946. The van der Waals surface area contributed by atoms with Crippen LogP contribution in [0.2, 0.25) is 0 Å². The molecule has 0 radical (unpaired) electrons. The largest absolute Gasteiger partial charge is 0.362 e. The highest BCUT2D eigenvalue weighted by Gasteiger charge is 2.43. The third-order valence-electron chi connectivity index (χ3n) is 6.34. The van der Waals surface area contributed by atoms with Gasteiger partial charge in [-0.05, 0) is 25.0 Å². The lowest BCUT2D eigenvalue weighted by molar-refractivity contribution is -0.384. The molecule has 1 aliphatic carbocycles. The van der Waals surface area contributed by atoms with Gasteiger partial charge >= 0.3 is 0 Å². The summed E-state index contributed by atoms with van der Waals surface area (Å²) >= 11 is 0. The van der Waals surface area contributed by atoms with E-state index in [9.17, 15) is 23.3 Å². The monoisotopic (exact) mass is 438 g/mol. The Morgan fingerprint density at radius 2 is 1.83 bits per heavy atom. The van der Waals surface area contributed by atoms with Gasteiger partial charge in [0.15, 0.2) is 0 Å². The number of piperazine rings is 1. The third-order valence-corrected chi connectivity index (χ3v) is 7.25. The number of hydrogen-bond acceptors (Lipinski definition) is 8. The molecule has 12 heteroatoms. The molecule has 11 nitrogen and oxygen atoms in total. The molecule has 3 aliphatic rings. The van der Waals surface area contributed by atoms with Gasteiger partial charge < -0.3 is 9.80 Å². The van der Waals surface area contributed by atoms with Crippen LogP contribution in [-0.4, -0.2) is 62.4 Å². The van der Waals surface area contributed by atoms with Crippen molar-refractivity contribution in [3.05, 3.63) is 28.3 Å². The second kappa shape index (κ2) is 8.10.